The summed E-state index contributed by atoms with van der Waals surface area (Å²) in [6.45, 7) is 0.0202. The van der Waals surface area contributed by atoms with Gasteiger partial charge < -0.3 is 14.8 Å². The summed E-state index contributed by atoms with van der Waals surface area (Å²) in [5, 5.41) is 9.33. The number of aromatic amines is 2. The Morgan fingerprint density at radius 1 is 1.47 bits per heavy atom. The number of aromatic nitrogens is 2. The lowest BCUT2D eigenvalue weighted by atomic mass is 10.3. The van der Waals surface area contributed by atoms with Gasteiger partial charge in [-0.05, 0) is 6.42 Å². The van der Waals surface area contributed by atoms with E-state index in [-0.39, 0.29) is 19.6 Å². The van der Waals surface area contributed by atoms with Gasteiger partial charge in [-0.2, -0.15) is 0 Å². The Morgan fingerprint density at radius 2 is 2.16 bits per heavy atom. The summed E-state index contributed by atoms with van der Waals surface area (Å²) >= 11 is 0. The molecule has 108 valence electrons. The van der Waals surface area contributed by atoms with Crippen LogP contribution in [0.5, 0.6) is 0 Å². The highest BCUT2D eigenvalue weighted by atomic mass is 32.2. The Kier molecular flexibility index (Phi) is 5.42. The van der Waals surface area contributed by atoms with E-state index in [1.54, 1.807) is 0 Å². The molecule has 4 N–H and O–H groups in total. The van der Waals surface area contributed by atoms with Crippen molar-refractivity contribution in [1.82, 2.24) is 14.7 Å². The first-order valence-electron chi connectivity index (χ1n) is 5.35. The second-order valence-corrected chi connectivity index (χ2v) is 5.47. The first-order chi connectivity index (χ1) is 8.86. The van der Waals surface area contributed by atoms with Gasteiger partial charge in [0.15, 0.2) is 4.90 Å². The minimum atomic E-state index is -4.03. The van der Waals surface area contributed by atoms with Gasteiger partial charge in [0.2, 0.25) is 10.0 Å². The van der Waals surface area contributed by atoms with E-state index in [9.17, 15) is 23.1 Å². The van der Waals surface area contributed by atoms with E-state index in [1.807, 2.05) is 4.98 Å². The predicted octanol–water partition coefficient (Wildman–Crippen LogP) is -2.26. The Morgan fingerprint density at radius 3 is 2.74 bits per heavy atom. The van der Waals surface area contributed by atoms with Gasteiger partial charge in [0.1, 0.15) is 0 Å². The highest BCUT2D eigenvalue weighted by Crippen LogP contribution is 1.99. The van der Waals surface area contributed by atoms with E-state index in [2.05, 4.69) is 14.4 Å². The van der Waals surface area contributed by atoms with Crippen LogP contribution in [0, 0.1) is 0 Å². The molecule has 0 saturated heterocycles. The number of hydrogen-bond acceptors (Lipinski definition) is 6. The van der Waals surface area contributed by atoms with E-state index in [1.165, 1.54) is 7.11 Å². The second-order valence-electron chi connectivity index (χ2n) is 3.73. The van der Waals surface area contributed by atoms with Gasteiger partial charge in [-0.15, -0.1) is 0 Å². The van der Waals surface area contributed by atoms with Crippen molar-refractivity contribution in [3.8, 4) is 0 Å². The third-order valence-electron chi connectivity index (χ3n) is 2.20. The molecule has 9 nitrogen and oxygen atoms in total. The molecule has 1 heterocycles. The minimum Gasteiger partial charge on any atom is -0.391 e. The first kappa shape index (κ1) is 15.6. The van der Waals surface area contributed by atoms with Crippen LogP contribution < -0.4 is 16.0 Å². The van der Waals surface area contributed by atoms with Crippen LogP contribution >= 0.6 is 0 Å². The fourth-order valence-corrected chi connectivity index (χ4v) is 2.36. The van der Waals surface area contributed by atoms with Gasteiger partial charge in [-0.25, -0.2) is 17.9 Å². The minimum absolute atomic E-state index is 0.0641. The molecule has 1 rings (SSSR count). The molecular formula is C9H15N3O6S. The molecule has 1 unspecified atom stereocenters. The van der Waals surface area contributed by atoms with Crippen LogP contribution in [-0.2, 0) is 14.8 Å². The maximum absolute atomic E-state index is 11.7. The molecule has 1 aromatic heterocycles. The van der Waals surface area contributed by atoms with Gasteiger partial charge in [-0.3, -0.25) is 9.78 Å². The molecule has 19 heavy (non-hydrogen) atoms. The van der Waals surface area contributed by atoms with Crippen molar-refractivity contribution < 1.29 is 18.3 Å². The molecule has 0 spiro atoms. The van der Waals surface area contributed by atoms with Crippen molar-refractivity contribution in [3.05, 3.63) is 27.0 Å². The predicted molar refractivity (Wildman–Crippen MR) is 65.4 cm³/mol. The lowest BCUT2D eigenvalue weighted by Crippen LogP contribution is -2.34. The van der Waals surface area contributed by atoms with E-state index in [0.717, 1.165) is 6.20 Å². The maximum Gasteiger partial charge on any atom is 0.325 e. The number of sulfonamides is 1. The molecule has 0 amide bonds. The number of aliphatic hydroxyl groups is 1. The number of H-pyrrole nitrogens is 2. The summed E-state index contributed by atoms with van der Waals surface area (Å²) in [6, 6.07) is 0. The van der Waals surface area contributed by atoms with Crippen LogP contribution in [0.15, 0.2) is 20.7 Å². The average Bonchev–Trinajstić information content (AvgIpc) is 2.28. The van der Waals surface area contributed by atoms with E-state index in [0.29, 0.717) is 0 Å². The fourth-order valence-electron chi connectivity index (χ4n) is 1.31. The van der Waals surface area contributed by atoms with Crippen molar-refractivity contribution >= 4 is 10.0 Å². The van der Waals surface area contributed by atoms with Crippen LogP contribution in [0.3, 0.4) is 0 Å². The Hall–Kier alpha value is -1.49. The third kappa shape index (κ3) is 4.59. The summed E-state index contributed by atoms with van der Waals surface area (Å²) in [6.07, 6.45) is 0.144. The van der Waals surface area contributed by atoms with Crippen molar-refractivity contribution in [2.75, 3.05) is 20.3 Å². The fraction of sp³-hybridized carbons (Fsp3) is 0.556. The van der Waals surface area contributed by atoms with E-state index >= 15 is 0 Å². The lowest BCUT2D eigenvalue weighted by Gasteiger charge is -2.10. The van der Waals surface area contributed by atoms with Crippen molar-refractivity contribution in [2.45, 2.75) is 17.4 Å². The molecule has 0 radical (unpaired) electrons. The molecule has 10 heteroatoms. The number of nitrogens with one attached hydrogen (secondary N) is 3. The van der Waals surface area contributed by atoms with E-state index < -0.39 is 32.3 Å². The Balaban J connectivity index is 2.71. The molecule has 0 aromatic carbocycles. The van der Waals surface area contributed by atoms with Crippen molar-refractivity contribution in [1.29, 1.82) is 0 Å². The van der Waals surface area contributed by atoms with Gasteiger partial charge in [0.25, 0.3) is 5.56 Å². The zero-order chi connectivity index (χ0) is 14.5. The summed E-state index contributed by atoms with van der Waals surface area (Å²) in [4.78, 5) is 25.4. The van der Waals surface area contributed by atoms with Crippen LogP contribution in [-0.4, -0.2) is 49.9 Å². The molecular weight excluding hydrogens is 278 g/mol. The zero-order valence-corrected chi connectivity index (χ0v) is 11.0. The van der Waals surface area contributed by atoms with Gasteiger partial charge in [-0.1, -0.05) is 0 Å². The average molecular weight is 293 g/mol. The van der Waals surface area contributed by atoms with Gasteiger partial charge in [0.05, 0.1) is 12.7 Å². The standard InChI is InChI=1S/C9H15N3O6S/c1-18-5-6(13)2-3-11-19(16,17)7-4-10-9(15)12-8(7)14/h4,6,11,13H,2-3,5H2,1H3,(H2,10,12,14,15). The normalized spacial score (nSPS) is 13.4. The number of hydrogen-bond donors (Lipinski definition) is 4. The number of ether oxygens (including phenoxy) is 1. The van der Waals surface area contributed by atoms with Crippen LogP contribution in [0.25, 0.3) is 0 Å². The molecule has 1 atom stereocenters. The SMILES string of the molecule is COCC(O)CCNS(=O)(=O)c1c[nH]c(=O)[nH]c1=O. The Bertz CT molecular complexity index is 619. The van der Waals surface area contributed by atoms with Crippen molar-refractivity contribution in [2.24, 2.45) is 0 Å². The quantitative estimate of drug-likeness (QED) is 0.447. The summed E-state index contributed by atoms with van der Waals surface area (Å²) in [5.41, 5.74) is -1.80. The van der Waals surface area contributed by atoms with Crippen LogP contribution in [0.1, 0.15) is 6.42 Å². The number of rotatable bonds is 7. The summed E-state index contributed by atoms with van der Waals surface area (Å²) < 4.78 is 30.3. The topological polar surface area (TPSA) is 141 Å². The number of aliphatic hydroxyl groups excluding tert-OH is 1. The van der Waals surface area contributed by atoms with Crippen LogP contribution in [0.2, 0.25) is 0 Å². The maximum atomic E-state index is 11.7. The van der Waals surface area contributed by atoms with Gasteiger partial charge in [0, 0.05) is 19.9 Å². The van der Waals surface area contributed by atoms with Gasteiger partial charge >= 0.3 is 5.69 Å². The molecule has 0 aliphatic carbocycles. The van der Waals surface area contributed by atoms with Crippen molar-refractivity contribution in [3.63, 3.8) is 0 Å². The Labute approximate surface area is 108 Å². The summed E-state index contributed by atoms with van der Waals surface area (Å²) in [5.74, 6) is 0. The third-order valence-corrected chi connectivity index (χ3v) is 3.67. The first-order valence-corrected chi connectivity index (χ1v) is 6.84. The molecule has 1 aromatic rings. The highest BCUT2D eigenvalue weighted by Gasteiger charge is 2.18. The largest absolute Gasteiger partial charge is 0.391 e. The monoisotopic (exact) mass is 293 g/mol. The molecule has 0 aliphatic heterocycles. The number of methoxy groups -OCH3 is 1. The molecule has 0 saturated carbocycles. The zero-order valence-electron chi connectivity index (χ0n) is 10.2. The molecule has 0 bridgehead atoms. The second kappa shape index (κ2) is 6.61. The molecule has 0 fully saturated rings. The van der Waals surface area contributed by atoms with Crippen LogP contribution in [0.4, 0.5) is 0 Å². The smallest absolute Gasteiger partial charge is 0.325 e. The molecule has 0 aliphatic rings. The summed E-state index contributed by atoms with van der Waals surface area (Å²) in [7, 11) is -2.62. The highest BCUT2D eigenvalue weighted by molar-refractivity contribution is 7.89. The van der Waals surface area contributed by atoms with E-state index in [4.69, 9.17) is 0 Å². The lowest BCUT2D eigenvalue weighted by molar-refractivity contribution is 0.0603.